The summed E-state index contributed by atoms with van der Waals surface area (Å²) in [6, 6.07) is 3.81. The van der Waals surface area contributed by atoms with Crippen LogP contribution >= 0.6 is 11.8 Å². The van der Waals surface area contributed by atoms with Gasteiger partial charge in [0, 0.05) is 16.5 Å². The molecule has 0 saturated heterocycles. The van der Waals surface area contributed by atoms with Crippen molar-refractivity contribution in [1.82, 2.24) is 0 Å². The fourth-order valence-electron chi connectivity index (χ4n) is 1.64. The van der Waals surface area contributed by atoms with Crippen LogP contribution in [0.5, 0.6) is 5.75 Å². The van der Waals surface area contributed by atoms with Gasteiger partial charge in [0.25, 0.3) is 0 Å². The van der Waals surface area contributed by atoms with Gasteiger partial charge in [-0.25, -0.2) is 4.39 Å². The maximum Gasteiger partial charge on any atom is 0.122 e. The summed E-state index contributed by atoms with van der Waals surface area (Å²) in [5.41, 5.74) is 7.49. The monoisotopic (exact) mass is 243 g/mol. The molecule has 90 valence electrons. The predicted octanol–water partition coefficient (Wildman–Crippen LogP) is 2.78. The molecule has 1 aromatic carbocycles. The van der Waals surface area contributed by atoms with E-state index in [0.717, 1.165) is 22.6 Å². The van der Waals surface area contributed by atoms with E-state index in [1.54, 1.807) is 24.9 Å². The van der Waals surface area contributed by atoms with Gasteiger partial charge >= 0.3 is 0 Å². The molecule has 0 amide bonds. The summed E-state index contributed by atoms with van der Waals surface area (Å²) in [5.74, 6) is 0.725. The van der Waals surface area contributed by atoms with Crippen molar-refractivity contribution in [3.05, 3.63) is 23.3 Å². The van der Waals surface area contributed by atoms with Gasteiger partial charge in [0.15, 0.2) is 0 Å². The number of alkyl halides is 1. The van der Waals surface area contributed by atoms with Crippen molar-refractivity contribution >= 4 is 11.8 Å². The van der Waals surface area contributed by atoms with E-state index in [1.807, 2.05) is 19.2 Å². The van der Waals surface area contributed by atoms with Gasteiger partial charge in [-0.1, -0.05) is 0 Å². The van der Waals surface area contributed by atoms with E-state index in [4.69, 9.17) is 10.5 Å². The third-order valence-electron chi connectivity index (χ3n) is 2.37. The molecule has 0 aliphatic carbocycles. The first-order chi connectivity index (χ1) is 7.62. The Morgan fingerprint density at radius 1 is 1.44 bits per heavy atom. The minimum absolute atomic E-state index is 0.0693. The largest absolute Gasteiger partial charge is 0.496 e. The summed E-state index contributed by atoms with van der Waals surface area (Å²) < 4.78 is 18.0. The van der Waals surface area contributed by atoms with Gasteiger partial charge in [-0.3, -0.25) is 0 Å². The Morgan fingerprint density at radius 2 is 2.12 bits per heavy atom. The fraction of sp³-hybridized carbons (Fsp3) is 0.500. The van der Waals surface area contributed by atoms with Crippen molar-refractivity contribution < 1.29 is 9.13 Å². The van der Waals surface area contributed by atoms with Crippen molar-refractivity contribution in [2.24, 2.45) is 5.73 Å². The molecule has 1 atom stereocenters. The lowest BCUT2D eigenvalue weighted by atomic mass is 10.0. The summed E-state index contributed by atoms with van der Waals surface area (Å²) >= 11 is 1.54. The number of methoxy groups -OCH3 is 1. The molecular formula is C12H18FNOS. The Kier molecular flexibility index (Phi) is 5.09. The third-order valence-corrected chi connectivity index (χ3v) is 3.19. The lowest BCUT2D eigenvalue weighted by Crippen LogP contribution is -2.18. The van der Waals surface area contributed by atoms with Gasteiger partial charge in [-0.2, -0.15) is 0 Å². The highest BCUT2D eigenvalue weighted by Gasteiger charge is 2.11. The highest BCUT2D eigenvalue weighted by atomic mass is 32.2. The molecule has 0 aliphatic heterocycles. The van der Waals surface area contributed by atoms with Crippen LogP contribution in [0.1, 0.15) is 18.1 Å². The van der Waals surface area contributed by atoms with E-state index in [-0.39, 0.29) is 6.04 Å². The van der Waals surface area contributed by atoms with Gasteiger partial charge in [-0.15, -0.1) is 11.8 Å². The zero-order valence-electron chi connectivity index (χ0n) is 9.92. The maximum absolute atomic E-state index is 12.8. The summed E-state index contributed by atoms with van der Waals surface area (Å²) in [4.78, 5) is 0.957. The number of nitrogens with two attached hydrogens (primary N) is 1. The van der Waals surface area contributed by atoms with E-state index in [9.17, 15) is 4.39 Å². The number of ether oxygens (including phenoxy) is 1. The lowest BCUT2D eigenvalue weighted by Gasteiger charge is -2.14. The maximum atomic E-state index is 12.8. The average Bonchev–Trinajstić information content (AvgIpc) is 2.27. The average molecular weight is 243 g/mol. The van der Waals surface area contributed by atoms with Crippen molar-refractivity contribution in [2.45, 2.75) is 31.0 Å². The van der Waals surface area contributed by atoms with Crippen molar-refractivity contribution in [1.29, 1.82) is 0 Å². The summed E-state index contributed by atoms with van der Waals surface area (Å²) in [6.45, 7) is 1.48. The van der Waals surface area contributed by atoms with Gasteiger partial charge in [0.05, 0.1) is 7.11 Å². The van der Waals surface area contributed by atoms with Gasteiger partial charge in [0.2, 0.25) is 0 Å². The number of hydrogen-bond acceptors (Lipinski definition) is 3. The van der Waals surface area contributed by atoms with Gasteiger partial charge in [-0.05, 0) is 37.3 Å². The smallest absolute Gasteiger partial charge is 0.122 e. The first-order valence-electron chi connectivity index (χ1n) is 5.17. The molecule has 0 aromatic heterocycles. The minimum atomic E-state index is -0.467. The molecule has 2 N–H and O–H groups in total. The summed E-state index contributed by atoms with van der Waals surface area (Å²) in [7, 11) is 1.60. The number of thioether (sulfide) groups is 1. The van der Waals surface area contributed by atoms with E-state index < -0.39 is 6.67 Å². The Labute approximate surface area is 100 Å². The highest BCUT2D eigenvalue weighted by molar-refractivity contribution is 7.98. The van der Waals surface area contributed by atoms with Crippen LogP contribution in [-0.2, 0) is 13.1 Å². The molecular weight excluding hydrogens is 225 g/mol. The minimum Gasteiger partial charge on any atom is -0.496 e. The SMILES string of the molecule is COc1cc(CF)c(SC)cc1CC(C)N. The number of benzene rings is 1. The first-order valence-corrected chi connectivity index (χ1v) is 6.40. The van der Waals surface area contributed by atoms with E-state index >= 15 is 0 Å². The van der Waals surface area contributed by atoms with Gasteiger partial charge < -0.3 is 10.5 Å². The molecule has 1 aromatic rings. The zero-order chi connectivity index (χ0) is 12.1. The molecule has 0 heterocycles. The van der Waals surface area contributed by atoms with Crippen LogP contribution in [0.15, 0.2) is 17.0 Å². The summed E-state index contributed by atoms with van der Waals surface area (Å²) in [6.07, 6.45) is 2.68. The summed E-state index contributed by atoms with van der Waals surface area (Å²) in [5, 5.41) is 0. The molecule has 0 aliphatic rings. The van der Waals surface area contributed by atoms with Gasteiger partial charge in [0.1, 0.15) is 12.4 Å². The molecule has 0 radical (unpaired) electrons. The molecule has 1 rings (SSSR count). The van der Waals surface area contributed by atoms with Crippen molar-refractivity contribution in [3.8, 4) is 5.75 Å². The Hall–Kier alpha value is -0.740. The van der Waals surface area contributed by atoms with Crippen LogP contribution in [0.4, 0.5) is 4.39 Å². The van der Waals surface area contributed by atoms with E-state index in [2.05, 4.69) is 0 Å². The first kappa shape index (κ1) is 13.3. The molecule has 4 heteroatoms. The normalized spacial score (nSPS) is 12.6. The van der Waals surface area contributed by atoms with Crippen molar-refractivity contribution in [3.63, 3.8) is 0 Å². The Bertz CT molecular complexity index is 355. The quantitative estimate of drug-likeness (QED) is 0.808. The van der Waals surface area contributed by atoms with Crippen LogP contribution in [-0.4, -0.2) is 19.4 Å². The second-order valence-electron chi connectivity index (χ2n) is 3.79. The molecule has 0 saturated carbocycles. The standard InChI is InChI=1S/C12H18FNOS/c1-8(14)4-9-6-12(16-3)10(7-13)5-11(9)15-2/h5-6,8H,4,7,14H2,1-3H3. The Balaban J connectivity index is 3.15. The number of hydrogen-bond donors (Lipinski definition) is 1. The van der Waals surface area contributed by atoms with Crippen LogP contribution < -0.4 is 10.5 Å². The third kappa shape index (κ3) is 3.12. The topological polar surface area (TPSA) is 35.2 Å². The highest BCUT2D eigenvalue weighted by Crippen LogP contribution is 2.30. The lowest BCUT2D eigenvalue weighted by molar-refractivity contribution is 0.404. The van der Waals surface area contributed by atoms with E-state index in [0.29, 0.717) is 5.56 Å². The number of rotatable bonds is 5. The van der Waals surface area contributed by atoms with Crippen LogP contribution in [0.25, 0.3) is 0 Å². The van der Waals surface area contributed by atoms with E-state index in [1.165, 1.54) is 0 Å². The van der Waals surface area contributed by atoms with Crippen molar-refractivity contribution in [2.75, 3.05) is 13.4 Å². The molecule has 0 fully saturated rings. The van der Waals surface area contributed by atoms with Crippen LogP contribution in [0.2, 0.25) is 0 Å². The molecule has 0 bridgehead atoms. The molecule has 16 heavy (non-hydrogen) atoms. The second kappa shape index (κ2) is 6.11. The van der Waals surface area contributed by atoms with Crippen LogP contribution in [0.3, 0.4) is 0 Å². The van der Waals surface area contributed by atoms with Crippen LogP contribution in [0, 0.1) is 0 Å². The zero-order valence-corrected chi connectivity index (χ0v) is 10.7. The second-order valence-corrected chi connectivity index (χ2v) is 4.64. The molecule has 1 unspecified atom stereocenters. The number of halogens is 1. The Morgan fingerprint density at radius 3 is 2.56 bits per heavy atom. The predicted molar refractivity (Wildman–Crippen MR) is 66.9 cm³/mol. The fourth-order valence-corrected chi connectivity index (χ4v) is 2.27. The molecule has 0 spiro atoms. The molecule has 2 nitrogen and oxygen atoms in total.